The molecule has 2 N–H and O–H groups in total. The third-order valence-electron chi connectivity index (χ3n) is 3.23. The van der Waals surface area contributed by atoms with E-state index in [2.05, 4.69) is 58.0 Å². The van der Waals surface area contributed by atoms with Crippen LogP contribution in [0.2, 0.25) is 0 Å². The summed E-state index contributed by atoms with van der Waals surface area (Å²) in [7, 11) is 0. The maximum atomic E-state index is 4.20. The molecular weight excluding hydrogens is 236 g/mol. The predicted molar refractivity (Wildman–Crippen MR) is 76.8 cm³/mol. The van der Waals surface area contributed by atoms with E-state index in [0.29, 0.717) is 6.04 Å². The fourth-order valence-corrected chi connectivity index (χ4v) is 2.21. The lowest BCUT2D eigenvalue weighted by atomic mass is 10.0. The summed E-state index contributed by atoms with van der Waals surface area (Å²) < 4.78 is 0. The predicted octanol–water partition coefficient (Wildman–Crippen LogP) is 2.87. The smallest absolute Gasteiger partial charge is 0.0993 e. The molecule has 1 unspecified atom stereocenters. The van der Waals surface area contributed by atoms with E-state index in [-0.39, 0.29) is 0 Å². The summed E-state index contributed by atoms with van der Waals surface area (Å²) in [5.41, 5.74) is 2.42. The highest BCUT2D eigenvalue weighted by Crippen LogP contribution is 2.17. The zero-order valence-electron chi connectivity index (χ0n) is 11.5. The lowest BCUT2D eigenvalue weighted by Gasteiger charge is -2.15. The van der Waals surface area contributed by atoms with Crippen molar-refractivity contribution in [3.63, 3.8) is 0 Å². The topological polar surface area (TPSA) is 53.6 Å². The van der Waals surface area contributed by atoms with E-state index in [9.17, 15) is 0 Å². The van der Waals surface area contributed by atoms with Crippen molar-refractivity contribution >= 4 is 0 Å². The first-order valence-corrected chi connectivity index (χ1v) is 7.03. The minimum Gasteiger partial charge on any atom is -0.309 e. The van der Waals surface area contributed by atoms with Crippen molar-refractivity contribution < 1.29 is 0 Å². The molecule has 4 nitrogen and oxygen atoms in total. The number of hydrogen-bond donors (Lipinski definition) is 2. The number of aryl methyl sites for hydroxylation is 1. The molecular formula is C15H22N4. The van der Waals surface area contributed by atoms with Crippen molar-refractivity contribution in [2.24, 2.45) is 0 Å². The van der Waals surface area contributed by atoms with Gasteiger partial charge in [-0.3, -0.25) is 0 Å². The lowest BCUT2D eigenvalue weighted by molar-refractivity contribution is 0.474. The Morgan fingerprint density at radius 1 is 1.26 bits per heavy atom. The summed E-state index contributed by atoms with van der Waals surface area (Å²) in [6, 6.07) is 10.9. The van der Waals surface area contributed by atoms with Crippen LogP contribution in [0.5, 0.6) is 0 Å². The molecule has 1 heterocycles. The number of aromatic nitrogens is 3. The van der Waals surface area contributed by atoms with Crippen LogP contribution in [0.1, 0.15) is 43.5 Å². The van der Waals surface area contributed by atoms with Crippen LogP contribution in [0.15, 0.2) is 36.5 Å². The van der Waals surface area contributed by atoms with Gasteiger partial charge in [0.25, 0.3) is 0 Å². The zero-order valence-corrected chi connectivity index (χ0v) is 11.5. The lowest BCUT2D eigenvalue weighted by Crippen LogP contribution is -2.22. The fourth-order valence-electron chi connectivity index (χ4n) is 2.21. The second kappa shape index (κ2) is 7.69. The maximum Gasteiger partial charge on any atom is 0.0993 e. The van der Waals surface area contributed by atoms with Gasteiger partial charge in [0.1, 0.15) is 0 Å². The van der Waals surface area contributed by atoms with Crippen LogP contribution in [-0.4, -0.2) is 22.0 Å². The van der Waals surface area contributed by atoms with Gasteiger partial charge in [-0.1, -0.05) is 37.3 Å². The third-order valence-corrected chi connectivity index (χ3v) is 3.23. The minimum atomic E-state index is 0.308. The summed E-state index contributed by atoms with van der Waals surface area (Å²) in [5.74, 6) is 0. The van der Waals surface area contributed by atoms with Crippen molar-refractivity contribution in [3.05, 3.63) is 47.8 Å². The van der Waals surface area contributed by atoms with Crippen LogP contribution >= 0.6 is 0 Å². The number of rotatable bonds is 8. The summed E-state index contributed by atoms with van der Waals surface area (Å²) in [6.45, 7) is 3.19. The fraction of sp³-hybridized carbons (Fsp3) is 0.467. The van der Waals surface area contributed by atoms with Crippen LogP contribution in [0.3, 0.4) is 0 Å². The van der Waals surface area contributed by atoms with E-state index in [1.54, 1.807) is 0 Å². The van der Waals surface area contributed by atoms with E-state index in [4.69, 9.17) is 0 Å². The Morgan fingerprint density at radius 3 is 2.79 bits per heavy atom. The van der Waals surface area contributed by atoms with Gasteiger partial charge in [0.15, 0.2) is 0 Å². The number of hydrogen-bond acceptors (Lipinski definition) is 3. The van der Waals surface area contributed by atoms with Crippen LogP contribution in [0, 0.1) is 0 Å². The molecule has 2 aromatic rings. The summed E-state index contributed by atoms with van der Waals surface area (Å²) in [6.07, 6.45) is 6.30. The van der Waals surface area contributed by atoms with Gasteiger partial charge in [-0.15, -0.1) is 0 Å². The molecule has 0 saturated carbocycles. The van der Waals surface area contributed by atoms with Crippen LogP contribution in [-0.2, 0) is 6.42 Å². The molecule has 1 aromatic heterocycles. The standard InChI is InChI=1S/C15H22N4/c1-2-11-16-14(15-12-17-19-18-15)10-6-9-13-7-4-3-5-8-13/h3-5,7-8,12,14,16H,2,6,9-11H2,1H3,(H,17,18,19). The van der Waals surface area contributed by atoms with E-state index < -0.39 is 0 Å². The first kappa shape index (κ1) is 13.7. The van der Waals surface area contributed by atoms with Crippen LogP contribution < -0.4 is 5.32 Å². The highest BCUT2D eigenvalue weighted by Gasteiger charge is 2.12. The molecule has 102 valence electrons. The average Bonchev–Trinajstić information content (AvgIpc) is 2.98. The van der Waals surface area contributed by atoms with E-state index in [0.717, 1.165) is 37.9 Å². The van der Waals surface area contributed by atoms with Gasteiger partial charge in [0, 0.05) is 0 Å². The first-order valence-electron chi connectivity index (χ1n) is 7.03. The molecule has 0 aliphatic heterocycles. The molecule has 0 saturated heterocycles. The molecule has 0 amide bonds. The third kappa shape index (κ3) is 4.48. The Hall–Kier alpha value is -1.68. The summed E-state index contributed by atoms with van der Waals surface area (Å²) in [5, 5.41) is 14.3. The molecule has 0 bridgehead atoms. The number of benzene rings is 1. The SMILES string of the molecule is CCCNC(CCCc1ccccc1)c1cn[nH]n1. The van der Waals surface area contributed by atoms with Crippen molar-refractivity contribution in [1.82, 2.24) is 20.7 Å². The van der Waals surface area contributed by atoms with Crippen molar-refractivity contribution in [3.8, 4) is 0 Å². The number of nitrogens with zero attached hydrogens (tertiary/aromatic N) is 2. The Morgan fingerprint density at radius 2 is 2.11 bits per heavy atom. The van der Waals surface area contributed by atoms with Crippen molar-refractivity contribution in [1.29, 1.82) is 0 Å². The monoisotopic (exact) mass is 258 g/mol. The molecule has 1 aromatic carbocycles. The number of nitrogens with one attached hydrogen (secondary N) is 2. The second-order valence-corrected chi connectivity index (χ2v) is 4.78. The Balaban J connectivity index is 1.83. The zero-order chi connectivity index (χ0) is 13.3. The molecule has 1 atom stereocenters. The molecule has 0 aliphatic carbocycles. The quantitative estimate of drug-likeness (QED) is 0.765. The summed E-state index contributed by atoms with van der Waals surface area (Å²) >= 11 is 0. The van der Waals surface area contributed by atoms with Gasteiger partial charge in [-0.25, -0.2) is 0 Å². The second-order valence-electron chi connectivity index (χ2n) is 4.78. The number of H-pyrrole nitrogens is 1. The van der Waals surface area contributed by atoms with Gasteiger partial charge >= 0.3 is 0 Å². The Kier molecular flexibility index (Phi) is 5.56. The molecule has 2 rings (SSSR count). The molecule has 19 heavy (non-hydrogen) atoms. The average molecular weight is 258 g/mol. The van der Waals surface area contributed by atoms with Gasteiger partial charge in [-0.2, -0.15) is 15.4 Å². The normalized spacial score (nSPS) is 12.5. The van der Waals surface area contributed by atoms with Gasteiger partial charge < -0.3 is 5.32 Å². The van der Waals surface area contributed by atoms with E-state index in [1.165, 1.54) is 5.56 Å². The Bertz CT molecular complexity index is 438. The summed E-state index contributed by atoms with van der Waals surface area (Å²) in [4.78, 5) is 0. The van der Waals surface area contributed by atoms with E-state index in [1.807, 2.05) is 6.20 Å². The minimum absolute atomic E-state index is 0.308. The van der Waals surface area contributed by atoms with Gasteiger partial charge in [0.05, 0.1) is 17.9 Å². The van der Waals surface area contributed by atoms with E-state index >= 15 is 0 Å². The largest absolute Gasteiger partial charge is 0.309 e. The van der Waals surface area contributed by atoms with Crippen molar-refractivity contribution in [2.75, 3.05) is 6.54 Å². The number of aromatic amines is 1. The van der Waals surface area contributed by atoms with Gasteiger partial charge in [0.2, 0.25) is 0 Å². The highest BCUT2D eigenvalue weighted by atomic mass is 15.3. The molecule has 0 radical (unpaired) electrons. The molecule has 0 spiro atoms. The van der Waals surface area contributed by atoms with Crippen LogP contribution in [0.25, 0.3) is 0 Å². The Labute approximate surface area is 114 Å². The molecule has 4 heteroatoms. The van der Waals surface area contributed by atoms with Gasteiger partial charge in [-0.05, 0) is 37.8 Å². The van der Waals surface area contributed by atoms with Crippen LogP contribution in [0.4, 0.5) is 0 Å². The van der Waals surface area contributed by atoms with Crippen molar-refractivity contribution in [2.45, 2.75) is 38.6 Å². The molecule has 0 fully saturated rings. The molecule has 0 aliphatic rings. The highest BCUT2D eigenvalue weighted by molar-refractivity contribution is 5.14. The first-order chi connectivity index (χ1) is 9.40. The maximum absolute atomic E-state index is 4.20.